The number of nitrogens with zero attached hydrogens (tertiary/aromatic N) is 4. The standard InChI is InChI=1S/C14H12F3N5O4S/c1-25-9-5-3-4-8(14(15,16)17)11(9)21-27(23,24)13-19-12-18-10(26-2)6-7-22(12)20-13/h3-7,21H,1-2H3. The van der Waals surface area contributed by atoms with Crippen LogP contribution in [0.1, 0.15) is 5.56 Å². The van der Waals surface area contributed by atoms with Crippen molar-refractivity contribution in [3.05, 3.63) is 36.0 Å². The van der Waals surface area contributed by atoms with Gasteiger partial charge in [-0.25, -0.2) is 4.52 Å². The lowest BCUT2D eigenvalue weighted by molar-refractivity contribution is -0.137. The molecule has 27 heavy (non-hydrogen) atoms. The smallest absolute Gasteiger partial charge is 0.418 e. The maximum absolute atomic E-state index is 13.2. The van der Waals surface area contributed by atoms with E-state index in [-0.39, 0.29) is 17.4 Å². The van der Waals surface area contributed by atoms with Crippen molar-refractivity contribution in [2.75, 3.05) is 18.9 Å². The summed E-state index contributed by atoms with van der Waals surface area (Å²) in [5.74, 6) is -0.251. The average Bonchev–Trinajstić information content (AvgIpc) is 3.04. The van der Waals surface area contributed by atoms with Crippen LogP contribution in [-0.2, 0) is 16.2 Å². The Labute approximate surface area is 150 Å². The summed E-state index contributed by atoms with van der Waals surface area (Å²) in [6, 6.07) is 4.42. The molecule has 2 aromatic heterocycles. The minimum Gasteiger partial charge on any atom is -0.495 e. The fourth-order valence-electron chi connectivity index (χ4n) is 2.19. The molecular formula is C14H12F3N5O4S. The van der Waals surface area contributed by atoms with E-state index in [2.05, 4.69) is 15.1 Å². The highest BCUT2D eigenvalue weighted by atomic mass is 32.2. The zero-order chi connectivity index (χ0) is 19.8. The molecule has 0 unspecified atom stereocenters. The van der Waals surface area contributed by atoms with Crippen LogP contribution in [0.4, 0.5) is 18.9 Å². The topological polar surface area (TPSA) is 108 Å². The summed E-state index contributed by atoms with van der Waals surface area (Å²) in [7, 11) is -2.09. The normalized spacial score (nSPS) is 12.2. The number of hydrogen-bond acceptors (Lipinski definition) is 7. The third kappa shape index (κ3) is 3.58. The first-order chi connectivity index (χ1) is 12.7. The van der Waals surface area contributed by atoms with E-state index >= 15 is 0 Å². The van der Waals surface area contributed by atoms with E-state index in [0.717, 1.165) is 23.8 Å². The number of ether oxygens (including phenoxy) is 2. The van der Waals surface area contributed by atoms with E-state index in [0.29, 0.717) is 0 Å². The summed E-state index contributed by atoms with van der Waals surface area (Å²) in [4.78, 5) is 7.62. The quantitative estimate of drug-likeness (QED) is 0.694. The number of aromatic nitrogens is 4. The van der Waals surface area contributed by atoms with Gasteiger partial charge in [-0.15, -0.1) is 5.10 Å². The number of hydrogen-bond donors (Lipinski definition) is 1. The van der Waals surface area contributed by atoms with Gasteiger partial charge >= 0.3 is 6.18 Å². The maximum Gasteiger partial charge on any atom is 0.418 e. The molecule has 0 aliphatic rings. The van der Waals surface area contributed by atoms with Crippen molar-refractivity contribution in [1.82, 2.24) is 19.6 Å². The van der Waals surface area contributed by atoms with Crippen LogP contribution in [0.2, 0.25) is 0 Å². The third-order valence-electron chi connectivity index (χ3n) is 3.40. The van der Waals surface area contributed by atoms with Crippen molar-refractivity contribution >= 4 is 21.5 Å². The largest absolute Gasteiger partial charge is 0.495 e. The predicted octanol–water partition coefficient (Wildman–Crippen LogP) is 1.96. The van der Waals surface area contributed by atoms with Gasteiger partial charge in [0.15, 0.2) is 0 Å². The van der Waals surface area contributed by atoms with Gasteiger partial charge in [-0.2, -0.15) is 31.6 Å². The fraction of sp³-hybridized carbons (Fsp3) is 0.214. The van der Waals surface area contributed by atoms with Crippen molar-refractivity contribution in [2.45, 2.75) is 11.3 Å². The molecular weight excluding hydrogens is 391 g/mol. The summed E-state index contributed by atoms with van der Waals surface area (Å²) in [6.07, 6.45) is -3.47. The Hall–Kier alpha value is -3.09. The van der Waals surface area contributed by atoms with Crippen molar-refractivity contribution in [1.29, 1.82) is 0 Å². The molecule has 0 aliphatic heterocycles. The molecule has 0 atom stereocenters. The van der Waals surface area contributed by atoms with Crippen LogP contribution >= 0.6 is 0 Å². The number of nitrogens with one attached hydrogen (secondary N) is 1. The molecule has 3 aromatic rings. The first-order valence-electron chi connectivity index (χ1n) is 7.20. The van der Waals surface area contributed by atoms with Crippen LogP contribution in [0.3, 0.4) is 0 Å². The lowest BCUT2D eigenvalue weighted by Gasteiger charge is -2.16. The van der Waals surface area contributed by atoms with E-state index in [9.17, 15) is 21.6 Å². The van der Waals surface area contributed by atoms with Gasteiger partial charge in [0.05, 0.1) is 19.8 Å². The number of benzene rings is 1. The molecule has 0 saturated carbocycles. The highest BCUT2D eigenvalue weighted by Gasteiger charge is 2.37. The van der Waals surface area contributed by atoms with E-state index in [1.165, 1.54) is 25.4 Å². The molecule has 0 amide bonds. The number of anilines is 1. The van der Waals surface area contributed by atoms with E-state index < -0.39 is 32.6 Å². The highest BCUT2D eigenvalue weighted by Crippen LogP contribution is 2.40. The predicted molar refractivity (Wildman–Crippen MR) is 86.1 cm³/mol. The molecule has 0 radical (unpaired) electrons. The van der Waals surface area contributed by atoms with Crippen molar-refractivity contribution in [2.24, 2.45) is 0 Å². The number of rotatable bonds is 5. The van der Waals surface area contributed by atoms with Gasteiger partial charge in [0, 0.05) is 12.3 Å². The van der Waals surface area contributed by atoms with Gasteiger partial charge in [0.25, 0.3) is 21.0 Å². The molecule has 1 N–H and O–H groups in total. The van der Waals surface area contributed by atoms with Crippen LogP contribution in [0.15, 0.2) is 35.6 Å². The molecule has 1 aromatic carbocycles. The van der Waals surface area contributed by atoms with Crippen LogP contribution in [0, 0.1) is 0 Å². The Bertz CT molecular complexity index is 1100. The summed E-state index contributed by atoms with van der Waals surface area (Å²) >= 11 is 0. The van der Waals surface area contributed by atoms with Gasteiger partial charge in [-0.3, -0.25) is 4.72 Å². The van der Waals surface area contributed by atoms with Crippen LogP contribution in [-0.4, -0.2) is 42.2 Å². The molecule has 0 spiro atoms. The number of para-hydroxylation sites is 1. The molecule has 144 valence electrons. The maximum atomic E-state index is 13.2. The second-order valence-electron chi connectivity index (χ2n) is 5.09. The number of sulfonamides is 1. The number of fused-ring (bicyclic) bond motifs is 1. The van der Waals surface area contributed by atoms with E-state index in [1.807, 2.05) is 4.72 Å². The van der Waals surface area contributed by atoms with Gasteiger partial charge in [-0.1, -0.05) is 6.07 Å². The molecule has 0 saturated heterocycles. The highest BCUT2D eigenvalue weighted by molar-refractivity contribution is 7.92. The zero-order valence-electron chi connectivity index (χ0n) is 13.9. The zero-order valence-corrected chi connectivity index (χ0v) is 14.7. The summed E-state index contributed by atoms with van der Waals surface area (Å²) in [5.41, 5.74) is -1.98. The molecule has 0 aliphatic carbocycles. The second-order valence-corrected chi connectivity index (χ2v) is 6.67. The molecule has 0 fully saturated rings. The fourth-order valence-corrected chi connectivity index (χ4v) is 3.16. The lowest BCUT2D eigenvalue weighted by Crippen LogP contribution is -2.19. The Morgan fingerprint density at radius 2 is 1.85 bits per heavy atom. The Morgan fingerprint density at radius 1 is 1.11 bits per heavy atom. The SMILES string of the molecule is COc1ccn2nc(S(=O)(=O)Nc3c(OC)cccc3C(F)(F)F)nc2n1. The molecule has 9 nitrogen and oxygen atoms in total. The molecule has 0 bridgehead atoms. The van der Waals surface area contributed by atoms with Crippen LogP contribution in [0.5, 0.6) is 11.6 Å². The minimum absolute atomic E-state index is 0.106. The molecule has 2 heterocycles. The van der Waals surface area contributed by atoms with Gasteiger partial charge in [0.2, 0.25) is 5.88 Å². The minimum atomic E-state index is -4.81. The van der Waals surface area contributed by atoms with Crippen LogP contribution in [0.25, 0.3) is 5.78 Å². The number of halogens is 3. The first-order valence-corrected chi connectivity index (χ1v) is 8.68. The Balaban J connectivity index is 2.07. The van der Waals surface area contributed by atoms with E-state index in [4.69, 9.17) is 9.47 Å². The van der Waals surface area contributed by atoms with Crippen LogP contribution < -0.4 is 14.2 Å². The van der Waals surface area contributed by atoms with Crippen molar-refractivity contribution in [3.8, 4) is 11.6 Å². The third-order valence-corrected chi connectivity index (χ3v) is 4.53. The summed E-state index contributed by atoms with van der Waals surface area (Å²) < 4.78 is 77.5. The second kappa shape index (κ2) is 6.57. The lowest BCUT2D eigenvalue weighted by atomic mass is 10.1. The van der Waals surface area contributed by atoms with Gasteiger partial charge in [-0.05, 0) is 12.1 Å². The number of methoxy groups -OCH3 is 2. The van der Waals surface area contributed by atoms with Crippen molar-refractivity contribution < 1.29 is 31.1 Å². The molecule has 13 heteroatoms. The van der Waals surface area contributed by atoms with Gasteiger partial charge < -0.3 is 9.47 Å². The average molecular weight is 403 g/mol. The Morgan fingerprint density at radius 3 is 2.48 bits per heavy atom. The van der Waals surface area contributed by atoms with Crippen molar-refractivity contribution in [3.63, 3.8) is 0 Å². The van der Waals surface area contributed by atoms with E-state index in [1.54, 1.807) is 0 Å². The molecule has 3 rings (SSSR count). The summed E-state index contributed by atoms with van der Waals surface area (Å²) in [5, 5.41) is 2.96. The monoisotopic (exact) mass is 403 g/mol. The number of alkyl halides is 3. The summed E-state index contributed by atoms with van der Waals surface area (Å²) in [6.45, 7) is 0. The van der Waals surface area contributed by atoms with Gasteiger partial charge in [0.1, 0.15) is 11.4 Å². The first kappa shape index (κ1) is 18.7. The Kier molecular flexibility index (Phi) is 4.55.